The first-order chi connectivity index (χ1) is 9.84. The van der Waals surface area contributed by atoms with Crippen LogP contribution in [0.15, 0.2) is 61.1 Å². The molecule has 1 aromatic carbocycles. The molecule has 20 heavy (non-hydrogen) atoms. The first-order valence-electron chi connectivity index (χ1n) is 6.27. The Morgan fingerprint density at radius 3 is 2.75 bits per heavy atom. The van der Waals surface area contributed by atoms with Crippen molar-refractivity contribution in [1.82, 2.24) is 14.8 Å². The Labute approximate surface area is 122 Å². The fourth-order valence-corrected chi connectivity index (χ4v) is 2.24. The Kier molecular flexibility index (Phi) is 3.65. The number of benzene rings is 1. The molecule has 4 nitrogen and oxygen atoms in total. The molecule has 0 saturated heterocycles. The van der Waals surface area contributed by atoms with E-state index in [1.807, 2.05) is 48.7 Å². The Hall–Kier alpha value is -2.33. The Morgan fingerprint density at radius 2 is 2.00 bits per heavy atom. The van der Waals surface area contributed by atoms with Crippen LogP contribution in [0.5, 0.6) is 0 Å². The summed E-state index contributed by atoms with van der Waals surface area (Å²) >= 11 is 6.29. The molecule has 0 aliphatic rings. The second kappa shape index (κ2) is 5.75. The van der Waals surface area contributed by atoms with Gasteiger partial charge in [-0.2, -0.15) is 5.10 Å². The molecule has 0 fully saturated rings. The average Bonchev–Trinajstić information content (AvgIpc) is 3.00. The molecular formula is C15H13ClN4. The van der Waals surface area contributed by atoms with Crippen molar-refractivity contribution in [3.05, 3.63) is 71.8 Å². The average molecular weight is 285 g/mol. The SMILES string of the molecule is Clc1cccc(NCc2ccccn2)c1-n1cccn1. The van der Waals surface area contributed by atoms with Gasteiger partial charge in [0.15, 0.2) is 0 Å². The summed E-state index contributed by atoms with van der Waals surface area (Å²) in [6.07, 6.45) is 5.38. The molecule has 2 aromatic heterocycles. The maximum absolute atomic E-state index is 6.29. The van der Waals surface area contributed by atoms with E-state index in [0.717, 1.165) is 17.1 Å². The molecular weight excluding hydrogens is 272 g/mol. The fraction of sp³-hybridized carbons (Fsp3) is 0.0667. The Balaban J connectivity index is 1.88. The van der Waals surface area contributed by atoms with E-state index in [1.165, 1.54) is 0 Å². The lowest BCUT2D eigenvalue weighted by molar-refractivity contribution is 0.878. The fourth-order valence-electron chi connectivity index (χ4n) is 1.98. The number of aromatic nitrogens is 3. The number of nitrogens with zero attached hydrogens (tertiary/aromatic N) is 3. The molecule has 3 aromatic rings. The molecule has 5 heteroatoms. The summed E-state index contributed by atoms with van der Waals surface area (Å²) in [6, 6.07) is 13.5. The van der Waals surface area contributed by atoms with Gasteiger partial charge in [-0.3, -0.25) is 4.98 Å². The smallest absolute Gasteiger partial charge is 0.106 e. The summed E-state index contributed by atoms with van der Waals surface area (Å²) < 4.78 is 1.75. The first kappa shape index (κ1) is 12.7. The van der Waals surface area contributed by atoms with Crippen molar-refractivity contribution in [1.29, 1.82) is 0 Å². The van der Waals surface area contributed by atoms with E-state index in [-0.39, 0.29) is 0 Å². The maximum Gasteiger partial charge on any atom is 0.106 e. The van der Waals surface area contributed by atoms with Gasteiger partial charge in [0.25, 0.3) is 0 Å². The zero-order valence-corrected chi connectivity index (χ0v) is 11.5. The summed E-state index contributed by atoms with van der Waals surface area (Å²) in [7, 11) is 0. The van der Waals surface area contributed by atoms with Gasteiger partial charge in [0, 0.05) is 18.6 Å². The summed E-state index contributed by atoms with van der Waals surface area (Å²) in [6.45, 7) is 0.634. The second-order valence-electron chi connectivity index (χ2n) is 4.26. The van der Waals surface area contributed by atoms with Gasteiger partial charge in [0.2, 0.25) is 0 Å². The summed E-state index contributed by atoms with van der Waals surface area (Å²) in [5.41, 5.74) is 2.74. The largest absolute Gasteiger partial charge is 0.378 e. The topological polar surface area (TPSA) is 42.7 Å². The number of anilines is 1. The highest BCUT2D eigenvalue weighted by Crippen LogP contribution is 2.28. The molecule has 0 aliphatic heterocycles. The molecule has 0 unspecified atom stereocenters. The van der Waals surface area contributed by atoms with Crippen molar-refractivity contribution in [2.75, 3.05) is 5.32 Å². The lowest BCUT2D eigenvalue weighted by Gasteiger charge is -2.13. The molecule has 1 N–H and O–H groups in total. The van der Waals surface area contributed by atoms with Gasteiger partial charge in [0.1, 0.15) is 5.69 Å². The van der Waals surface area contributed by atoms with Crippen molar-refractivity contribution in [2.45, 2.75) is 6.54 Å². The Morgan fingerprint density at radius 1 is 1.05 bits per heavy atom. The van der Waals surface area contributed by atoms with E-state index in [1.54, 1.807) is 17.1 Å². The van der Waals surface area contributed by atoms with Crippen molar-refractivity contribution in [3.8, 4) is 5.69 Å². The monoisotopic (exact) mass is 284 g/mol. The van der Waals surface area contributed by atoms with Crippen LogP contribution in [0.25, 0.3) is 5.69 Å². The van der Waals surface area contributed by atoms with Crippen LogP contribution in [-0.4, -0.2) is 14.8 Å². The number of halogens is 1. The maximum atomic E-state index is 6.29. The third-order valence-corrected chi connectivity index (χ3v) is 3.21. The van der Waals surface area contributed by atoms with Gasteiger partial charge in [-0.15, -0.1) is 0 Å². The van der Waals surface area contributed by atoms with Gasteiger partial charge in [-0.1, -0.05) is 23.7 Å². The highest BCUT2D eigenvalue weighted by Gasteiger charge is 2.09. The molecule has 0 radical (unpaired) electrons. The number of para-hydroxylation sites is 1. The van der Waals surface area contributed by atoms with Crippen molar-refractivity contribution in [2.24, 2.45) is 0 Å². The van der Waals surface area contributed by atoms with Crippen LogP contribution >= 0.6 is 11.6 Å². The zero-order chi connectivity index (χ0) is 13.8. The lowest BCUT2D eigenvalue weighted by atomic mass is 10.2. The number of hydrogen-bond acceptors (Lipinski definition) is 3. The highest BCUT2D eigenvalue weighted by molar-refractivity contribution is 6.33. The molecule has 0 atom stereocenters. The molecule has 0 saturated carbocycles. The van der Waals surface area contributed by atoms with Gasteiger partial charge in [-0.05, 0) is 30.3 Å². The minimum absolute atomic E-state index is 0.634. The second-order valence-corrected chi connectivity index (χ2v) is 4.67. The van der Waals surface area contributed by atoms with Gasteiger partial charge in [0.05, 0.1) is 22.9 Å². The van der Waals surface area contributed by atoms with Crippen LogP contribution in [0.1, 0.15) is 5.69 Å². The van der Waals surface area contributed by atoms with Crippen LogP contribution in [0.4, 0.5) is 5.69 Å². The third kappa shape index (κ3) is 2.65. The first-order valence-corrected chi connectivity index (χ1v) is 6.65. The van der Waals surface area contributed by atoms with E-state index < -0.39 is 0 Å². The van der Waals surface area contributed by atoms with Crippen LogP contribution in [0, 0.1) is 0 Å². The summed E-state index contributed by atoms with van der Waals surface area (Å²) in [5, 5.41) is 8.24. The molecule has 3 rings (SSSR count). The van der Waals surface area contributed by atoms with E-state index in [9.17, 15) is 0 Å². The third-order valence-electron chi connectivity index (χ3n) is 2.91. The quantitative estimate of drug-likeness (QED) is 0.797. The molecule has 100 valence electrons. The van der Waals surface area contributed by atoms with E-state index >= 15 is 0 Å². The van der Waals surface area contributed by atoms with Crippen LogP contribution in [0.2, 0.25) is 5.02 Å². The zero-order valence-electron chi connectivity index (χ0n) is 10.7. The van der Waals surface area contributed by atoms with Crippen molar-refractivity contribution in [3.63, 3.8) is 0 Å². The summed E-state index contributed by atoms with van der Waals surface area (Å²) in [5.74, 6) is 0. The number of hydrogen-bond donors (Lipinski definition) is 1. The number of rotatable bonds is 4. The normalized spacial score (nSPS) is 10.4. The predicted molar refractivity (Wildman–Crippen MR) is 80.1 cm³/mol. The highest BCUT2D eigenvalue weighted by atomic mass is 35.5. The van der Waals surface area contributed by atoms with Crippen LogP contribution in [0.3, 0.4) is 0 Å². The van der Waals surface area contributed by atoms with Gasteiger partial charge >= 0.3 is 0 Å². The van der Waals surface area contributed by atoms with E-state index in [4.69, 9.17) is 11.6 Å². The van der Waals surface area contributed by atoms with E-state index in [2.05, 4.69) is 15.4 Å². The van der Waals surface area contributed by atoms with Crippen molar-refractivity contribution >= 4 is 17.3 Å². The molecule has 0 spiro atoms. The standard InChI is InChI=1S/C15H13ClN4/c16-13-6-3-7-14(15(13)20-10-4-9-19-20)18-11-12-5-1-2-8-17-12/h1-10,18H,11H2. The minimum Gasteiger partial charge on any atom is -0.378 e. The molecule has 2 heterocycles. The number of pyridine rings is 1. The number of nitrogens with one attached hydrogen (secondary N) is 1. The van der Waals surface area contributed by atoms with Gasteiger partial charge in [-0.25, -0.2) is 4.68 Å². The van der Waals surface area contributed by atoms with E-state index in [0.29, 0.717) is 11.6 Å². The minimum atomic E-state index is 0.634. The van der Waals surface area contributed by atoms with Crippen molar-refractivity contribution < 1.29 is 0 Å². The molecule has 0 aliphatic carbocycles. The lowest BCUT2D eigenvalue weighted by Crippen LogP contribution is -2.06. The summed E-state index contributed by atoms with van der Waals surface area (Å²) in [4.78, 5) is 4.29. The molecule has 0 bridgehead atoms. The predicted octanol–water partition coefficient (Wildman–Crippen LogP) is 3.53. The van der Waals surface area contributed by atoms with Crippen LogP contribution < -0.4 is 5.32 Å². The van der Waals surface area contributed by atoms with Gasteiger partial charge < -0.3 is 5.32 Å². The Bertz CT molecular complexity index is 680. The molecule has 0 amide bonds. The van der Waals surface area contributed by atoms with Crippen LogP contribution in [-0.2, 0) is 6.54 Å².